The maximum atomic E-state index is 6.24. The van der Waals surface area contributed by atoms with Crippen molar-refractivity contribution >= 4 is 11.8 Å². The van der Waals surface area contributed by atoms with E-state index in [1.165, 1.54) is 16.7 Å². The van der Waals surface area contributed by atoms with Gasteiger partial charge in [-0.25, -0.2) is 4.42 Å². The fourth-order valence-corrected chi connectivity index (χ4v) is 2.12. The molecular weight excluding hydrogens is 230 g/mol. The van der Waals surface area contributed by atoms with Gasteiger partial charge in [0.25, 0.3) is 0 Å². The molecule has 1 nitrogen and oxygen atoms in total. The van der Waals surface area contributed by atoms with E-state index in [0.29, 0.717) is 0 Å². The number of hydrogen-bond donors (Lipinski definition) is 0. The molecule has 0 aliphatic rings. The van der Waals surface area contributed by atoms with Crippen LogP contribution < -0.4 is 0 Å². The van der Waals surface area contributed by atoms with Gasteiger partial charge in [0.1, 0.15) is 0 Å². The summed E-state index contributed by atoms with van der Waals surface area (Å²) >= 11 is 6.24. The Morgan fingerprint density at radius 2 is 1.53 bits per heavy atom. The van der Waals surface area contributed by atoms with Crippen molar-refractivity contribution in [2.75, 3.05) is 0 Å². The molecule has 0 radical (unpaired) electrons. The van der Waals surface area contributed by atoms with Gasteiger partial charge >= 0.3 is 0 Å². The van der Waals surface area contributed by atoms with Gasteiger partial charge in [-0.3, -0.25) is 0 Å². The van der Waals surface area contributed by atoms with Crippen molar-refractivity contribution in [3.8, 4) is 0 Å². The predicted molar refractivity (Wildman–Crippen MR) is 72.7 cm³/mol. The van der Waals surface area contributed by atoms with Gasteiger partial charge in [0.2, 0.25) is 0 Å². The summed E-state index contributed by atoms with van der Waals surface area (Å²) in [6.45, 7) is 3.62. The lowest BCUT2D eigenvalue weighted by atomic mass is 10.1. The Hall–Kier alpha value is -1.31. The Kier molecular flexibility index (Phi) is 4.18. The molecule has 0 aliphatic carbocycles. The van der Waals surface area contributed by atoms with E-state index in [-0.39, 0.29) is 0 Å². The summed E-state index contributed by atoms with van der Waals surface area (Å²) < 4.78 is 1.81. The molecule has 0 saturated heterocycles. The van der Waals surface area contributed by atoms with Crippen molar-refractivity contribution in [3.05, 3.63) is 71.3 Å². The van der Waals surface area contributed by atoms with Crippen LogP contribution in [0, 0.1) is 6.92 Å². The fraction of sp³-hybridized carbons (Fsp3) is 0.200. The SMILES string of the molecule is Cc1cccc(CN(Cl)Cc2ccccc2)c1. The maximum absolute atomic E-state index is 6.24. The van der Waals surface area contributed by atoms with Gasteiger partial charge in [0, 0.05) is 13.1 Å². The highest BCUT2D eigenvalue weighted by Gasteiger charge is 2.03. The zero-order valence-electron chi connectivity index (χ0n) is 9.94. The van der Waals surface area contributed by atoms with Crippen LogP contribution in [0.1, 0.15) is 16.7 Å². The van der Waals surface area contributed by atoms with E-state index >= 15 is 0 Å². The summed E-state index contributed by atoms with van der Waals surface area (Å²) in [5.74, 6) is 0. The van der Waals surface area contributed by atoms with E-state index in [2.05, 4.69) is 43.3 Å². The van der Waals surface area contributed by atoms with Crippen molar-refractivity contribution in [2.45, 2.75) is 20.0 Å². The van der Waals surface area contributed by atoms with Gasteiger partial charge < -0.3 is 0 Å². The molecule has 2 aromatic rings. The Bertz CT molecular complexity index is 467. The minimum Gasteiger partial charge on any atom is -0.211 e. The van der Waals surface area contributed by atoms with Crippen molar-refractivity contribution < 1.29 is 0 Å². The van der Waals surface area contributed by atoms with Gasteiger partial charge in [0.05, 0.1) is 0 Å². The number of hydrogen-bond acceptors (Lipinski definition) is 1. The third-order valence-corrected chi connectivity index (χ3v) is 2.87. The van der Waals surface area contributed by atoms with Gasteiger partial charge in [0.15, 0.2) is 0 Å². The summed E-state index contributed by atoms with van der Waals surface area (Å²) in [4.78, 5) is 0. The van der Waals surface area contributed by atoms with Crippen LogP contribution >= 0.6 is 11.8 Å². The summed E-state index contributed by atoms with van der Waals surface area (Å²) in [5.41, 5.74) is 3.75. The Labute approximate surface area is 108 Å². The molecule has 0 amide bonds. The van der Waals surface area contributed by atoms with E-state index in [4.69, 9.17) is 11.8 Å². The first kappa shape index (κ1) is 12.2. The standard InChI is InChI=1S/C15H16ClN/c1-13-6-5-9-15(10-13)12-17(16)11-14-7-3-2-4-8-14/h2-10H,11-12H2,1H3. The Morgan fingerprint density at radius 1 is 0.882 bits per heavy atom. The van der Waals surface area contributed by atoms with Crippen LogP contribution in [0.2, 0.25) is 0 Å². The fourth-order valence-electron chi connectivity index (χ4n) is 1.85. The van der Waals surface area contributed by atoms with Crippen molar-refractivity contribution in [2.24, 2.45) is 0 Å². The quantitative estimate of drug-likeness (QED) is 0.732. The average Bonchev–Trinajstić information content (AvgIpc) is 2.30. The summed E-state index contributed by atoms with van der Waals surface area (Å²) in [6, 6.07) is 18.7. The molecule has 0 aliphatic heterocycles. The van der Waals surface area contributed by atoms with E-state index in [9.17, 15) is 0 Å². The van der Waals surface area contributed by atoms with E-state index in [1.54, 1.807) is 0 Å². The molecule has 2 rings (SSSR count). The summed E-state index contributed by atoms with van der Waals surface area (Å²) in [6.07, 6.45) is 0. The first-order valence-electron chi connectivity index (χ1n) is 5.74. The van der Waals surface area contributed by atoms with Crippen LogP contribution in [-0.2, 0) is 13.1 Å². The lowest BCUT2D eigenvalue weighted by Gasteiger charge is -2.14. The molecule has 0 spiro atoms. The van der Waals surface area contributed by atoms with Gasteiger partial charge in [-0.1, -0.05) is 60.2 Å². The monoisotopic (exact) mass is 245 g/mol. The van der Waals surface area contributed by atoms with Crippen LogP contribution in [0.25, 0.3) is 0 Å². The van der Waals surface area contributed by atoms with Gasteiger partial charge in [-0.2, -0.15) is 0 Å². The smallest absolute Gasteiger partial charge is 0.0393 e. The molecule has 0 unspecified atom stereocenters. The van der Waals surface area contributed by atoms with E-state index < -0.39 is 0 Å². The zero-order chi connectivity index (χ0) is 12.1. The minimum atomic E-state index is 0.760. The van der Waals surface area contributed by atoms with Crippen LogP contribution in [0.15, 0.2) is 54.6 Å². The maximum Gasteiger partial charge on any atom is 0.0393 e. The molecule has 17 heavy (non-hydrogen) atoms. The molecule has 0 saturated carbocycles. The van der Waals surface area contributed by atoms with Crippen LogP contribution in [0.5, 0.6) is 0 Å². The number of nitrogens with zero attached hydrogens (tertiary/aromatic N) is 1. The van der Waals surface area contributed by atoms with Crippen molar-refractivity contribution in [1.82, 2.24) is 4.42 Å². The van der Waals surface area contributed by atoms with Crippen LogP contribution in [0.4, 0.5) is 0 Å². The predicted octanol–water partition coefficient (Wildman–Crippen LogP) is 4.15. The first-order chi connectivity index (χ1) is 8.24. The molecule has 0 atom stereocenters. The topological polar surface area (TPSA) is 3.24 Å². The van der Waals surface area contributed by atoms with E-state index in [1.807, 2.05) is 22.6 Å². The molecule has 0 heterocycles. The second-order valence-electron chi connectivity index (χ2n) is 4.25. The third-order valence-electron chi connectivity index (χ3n) is 2.63. The molecule has 0 bridgehead atoms. The second kappa shape index (κ2) is 5.85. The molecule has 2 aromatic carbocycles. The summed E-state index contributed by atoms with van der Waals surface area (Å²) in [5, 5.41) is 0. The zero-order valence-corrected chi connectivity index (χ0v) is 10.7. The highest BCUT2D eigenvalue weighted by atomic mass is 35.5. The molecule has 88 valence electrons. The highest BCUT2D eigenvalue weighted by molar-refractivity contribution is 6.13. The van der Waals surface area contributed by atoms with Crippen molar-refractivity contribution in [3.63, 3.8) is 0 Å². The number of benzene rings is 2. The first-order valence-corrected chi connectivity index (χ1v) is 6.08. The second-order valence-corrected chi connectivity index (χ2v) is 4.73. The lowest BCUT2D eigenvalue weighted by Crippen LogP contribution is -2.11. The number of halogens is 1. The van der Waals surface area contributed by atoms with E-state index in [0.717, 1.165) is 13.1 Å². The molecule has 2 heteroatoms. The number of rotatable bonds is 4. The average molecular weight is 246 g/mol. The minimum absolute atomic E-state index is 0.760. The number of aryl methyl sites for hydroxylation is 1. The molecule has 0 fully saturated rings. The van der Waals surface area contributed by atoms with Crippen molar-refractivity contribution in [1.29, 1.82) is 0 Å². The Balaban J connectivity index is 1.96. The van der Waals surface area contributed by atoms with Gasteiger partial charge in [-0.05, 0) is 29.8 Å². The largest absolute Gasteiger partial charge is 0.211 e. The highest BCUT2D eigenvalue weighted by Crippen LogP contribution is 2.13. The normalized spacial score (nSPS) is 10.8. The molecular formula is C15H16ClN. The van der Waals surface area contributed by atoms with Gasteiger partial charge in [-0.15, -0.1) is 0 Å². The molecule has 0 aromatic heterocycles. The third kappa shape index (κ3) is 3.88. The lowest BCUT2D eigenvalue weighted by molar-refractivity contribution is 0.445. The Morgan fingerprint density at radius 3 is 2.24 bits per heavy atom. The van der Waals surface area contributed by atoms with Crippen LogP contribution in [-0.4, -0.2) is 4.42 Å². The van der Waals surface area contributed by atoms with Crippen LogP contribution in [0.3, 0.4) is 0 Å². The molecule has 0 N–H and O–H groups in total. The summed E-state index contributed by atoms with van der Waals surface area (Å²) in [7, 11) is 0.